The summed E-state index contributed by atoms with van der Waals surface area (Å²) in [6.07, 6.45) is 0.387. The summed E-state index contributed by atoms with van der Waals surface area (Å²) in [5.74, 6) is -0.955. The molecule has 1 aromatic carbocycles. The van der Waals surface area contributed by atoms with Crippen LogP contribution in [0.15, 0.2) is 23.7 Å². The molecule has 3 amide bonds. The highest BCUT2D eigenvalue weighted by Gasteiger charge is 2.30. The van der Waals surface area contributed by atoms with Gasteiger partial charge < -0.3 is 5.32 Å². The van der Waals surface area contributed by atoms with Crippen molar-refractivity contribution in [3.63, 3.8) is 0 Å². The number of carbonyl (C=O) groups excluding carboxylic acids is 3. The van der Waals surface area contributed by atoms with E-state index in [4.69, 9.17) is 0 Å². The number of hydrogen-bond donors (Lipinski definition) is 1. The van der Waals surface area contributed by atoms with Crippen molar-refractivity contribution in [3.8, 4) is 0 Å². The number of aromatic nitrogens is 1. The van der Waals surface area contributed by atoms with Gasteiger partial charge in [0.25, 0.3) is 0 Å². The van der Waals surface area contributed by atoms with E-state index in [0.29, 0.717) is 5.69 Å². The second kappa shape index (κ2) is 5.01. The highest BCUT2D eigenvalue weighted by atomic mass is 32.1. The standard InChI is InChI=1S/C13H11N3O3S/c17-11(6-16-12(18)3-4-13(16)19)15-8-1-2-9-10(5-8)20-7-14-9/h1-2,5,7H,3-4,6H2,(H,15,17). The largest absolute Gasteiger partial charge is 0.324 e. The SMILES string of the molecule is O=C(CN1C(=O)CCC1=O)Nc1ccc2ncsc2c1. The van der Waals surface area contributed by atoms with Gasteiger partial charge in [-0.3, -0.25) is 19.3 Å². The Morgan fingerprint density at radius 1 is 1.30 bits per heavy atom. The van der Waals surface area contributed by atoms with E-state index < -0.39 is 0 Å². The van der Waals surface area contributed by atoms with Crippen molar-refractivity contribution >= 4 is 45.0 Å². The zero-order chi connectivity index (χ0) is 14.1. The lowest BCUT2D eigenvalue weighted by Gasteiger charge is -2.13. The molecule has 6 nitrogen and oxygen atoms in total. The number of imide groups is 1. The number of fused-ring (bicyclic) bond motifs is 1. The summed E-state index contributed by atoms with van der Waals surface area (Å²) in [7, 11) is 0. The molecule has 0 unspecified atom stereocenters. The van der Waals surface area contributed by atoms with Gasteiger partial charge in [0.15, 0.2) is 0 Å². The number of nitrogens with one attached hydrogen (secondary N) is 1. The summed E-state index contributed by atoms with van der Waals surface area (Å²) < 4.78 is 0.969. The second-order valence-corrected chi connectivity index (χ2v) is 5.34. The molecule has 0 radical (unpaired) electrons. The molecule has 3 rings (SSSR count). The van der Waals surface area contributed by atoms with Crippen LogP contribution in [0.1, 0.15) is 12.8 Å². The van der Waals surface area contributed by atoms with E-state index in [9.17, 15) is 14.4 Å². The molecular formula is C13H11N3O3S. The van der Waals surface area contributed by atoms with Crippen LogP contribution in [0.2, 0.25) is 0 Å². The molecule has 0 aliphatic carbocycles. The molecule has 0 spiro atoms. The lowest BCUT2D eigenvalue weighted by atomic mass is 10.3. The predicted molar refractivity (Wildman–Crippen MR) is 74.2 cm³/mol. The quantitative estimate of drug-likeness (QED) is 0.866. The Bertz CT molecular complexity index is 694. The average Bonchev–Trinajstić information content (AvgIpc) is 3.00. The van der Waals surface area contributed by atoms with Gasteiger partial charge in [0.05, 0.1) is 15.7 Å². The maximum atomic E-state index is 11.9. The number of likely N-dealkylation sites (tertiary alicyclic amines) is 1. The third-order valence-corrected chi connectivity index (χ3v) is 3.86. The van der Waals surface area contributed by atoms with Gasteiger partial charge in [0, 0.05) is 18.5 Å². The fourth-order valence-electron chi connectivity index (χ4n) is 2.08. The van der Waals surface area contributed by atoms with E-state index in [2.05, 4.69) is 10.3 Å². The fourth-order valence-corrected chi connectivity index (χ4v) is 2.79. The number of rotatable bonds is 3. The van der Waals surface area contributed by atoms with Crippen molar-refractivity contribution in [2.24, 2.45) is 0 Å². The van der Waals surface area contributed by atoms with Crippen molar-refractivity contribution in [1.82, 2.24) is 9.88 Å². The minimum Gasteiger partial charge on any atom is -0.324 e. The van der Waals surface area contributed by atoms with Gasteiger partial charge in [-0.25, -0.2) is 4.98 Å². The predicted octanol–water partition coefficient (Wildman–Crippen LogP) is 1.38. The minimum absolute atomic E-state index is 0.193. The Labute approximate surface area is 118 Å². The Morgan fingerprint density at radius 2 is 2.05 bits per heavy atom. The first kappa shape index (κ1) is 12.7. The van der Waals surface area contributed by atoms with E-state index in [1.165, 1.54) is 11.3 Å². The highest BCUT2D eigenvalue weighted by Crippen LogP contribution is 2.22. The maximum absolute atomic E-state index is 11.9. The van der Waals surface area contributed by atoms with Gasteiger partial charge in [-0.2, -0.15) is 0 Å². The fraction of sp³-hybridized carbons (Fsp3) is 0.231. The van der Waals surface area contributed by atoms with E-state index in [-0.39, 0.29) is 37.1 Å². The van der Waals surface area contributed by atoms with Crippen LogP contribution in [0.5, 0.6) is 0 Å². The second-order valence-electron chi connectivity index (χ2n) is 4.46. The molecule has 0 saturated carbocycles. The molecular weight excluding hydrogens is 278 g/mol. The summed E-state index contributed by atoms with van der Waals surface area (Å²) in [4.78, 5) is 39.9. The van der Waals surface area contributed by atoms with Crippen molar-refractivity contribution in [1.29, 1.82) is 0 Å². The maximum Gasteiger partial charge on any atom is 0.244 e. The van der Waals surface area contributed by atoms with Crippen LogP contribution in [0, 0.1) is 0 Å². The molecule has 7 heteroatoms. The number of benzene rings is 1. The topological polar surface area (TPSA) is 79.4 Å². The molecule has 1 aliphatic heterocycles. The Hall–Kier alpha value is -2.28. The van der Waals surface area contributed by atoms with Gasteiger partial charge in [-0.15, -0.1) is 11.3 Å². The zero-order valence-electron chi connectivity index (χ0n) is 10.5. The number of nitrogens with zero attached hydrogens (tertiary/aromatic N) is 2. The van der Waals surface area contributed by atoms with Crippen molar-refractivity contribution in [3.05, 3.63) is 23.7 Å². The highest BCUT2D eigenvalue weighted by molar-refractivity contribution is 7.16. The third kappa shape index (κ3) is 2.39. The lowest BCUT2D eigenvalue weighted by molar-refractivity contribution is -0.141. The first-order valence-corrected chi connectivity index (χ1v) is 6.98. The van der Waals surface area contributed by atoms with Crippen LogP contribution in [0.25, 0.3) is 10.2 Å². The molecule has 1 N–H and O–H groups in total. The lowest BCUT2D eigenvalue weighted by Crippen LogP contribution is -2.36. The number of hydrogen-bond acceptors (Lipinski definition) is 5. The van der Waals surface area contributed by atoms with Crippen LogP contribution in [-0.4, -0.2) is 34.2 Å². The summed E-state index contributed by atoms with van der Waals surface area (Å²) in [5.41, 5.74) is 3.24. The molecule has 1 saturated heterocycles. The molecule has 2 aromatic rings. The molecule has 1 aliphatic rings. The number of thiazole rings is 1. The van der Waals surface area contributed by atoms with E-state index in [0.717, 1.165) is 15.1 Å². The van der Waals surface area contributed by atoms with Gasteiger partial charge in [-0.1, -0.05) is 0 Å². The van der Waals surface area contributed by atoms with Crippen LogP contribution in [0.3, 0.4) is 0 Å². The van der Waals surface area contributed by atoms with Gasteiger partial charge in [0.2, 0.25) is 17.7 Å². The van der Waals surface area contributed by atoms with E-state index in [1.54, 1.807) is 11.6 Å². The summed E-state index contributed by atoms with van der Waals surface area (Å²) in [6.45, 7) is -0.224. The number of anilines is 1. The minimum atomic E-state index is -0.377. The number of carbonyl (C=O) groups is 3. The smallest absolute Gasteiger partial charge is 0.244 e. The molecule has 2 heterocycles. The van der Waals surface area contributed by atoms with Crippen molar-refractivity contribution in [2.75, 3.05) is 11.9 Å². The monoisotopic (exact) mass is 289 g/mol. The first-order valence-electron chi connectivity index (χ1n) is 6.10. The molecule has 1 aromatic heterocycles. The summed E-state index contributed by atoms with van der Waals surface area (Å²) >= 11 is 1.48. The average molecular weight is 289 g/mol. The van der Waals surface area contributed by atoms with Crippen molar-refractivity contribution < 1.29 is 14.4 Å². The van der Waals surface area contributed by atoms with Crippen LogP contribution < -0.4 is 5.32 Å². The van der Waals surface area contributed by atoms with Crippen LogP contribution in [-0.2, 0) is 14.4 Å². The molecule has 0 bridgehead atoms. The molecule has 0 atom stereocenters. The summed E-state index contributed by atoms with van der Waals surface area (Å²) in [6, 6.07) is 5.37. The Balaban J connectivity index is 1.69. The first-order chi connectivity index (χ1) is 9.63. The third-order valence-electron chi connectivity index (χ3n) is 3.07. The van der Waals surface area contributed by atoms with Crippen LogP contribution in [0.4, 0.5) is 5.69 Å². The van der Waals surface area contributed by atoms with E-state index >= 15 is 0 Å². The van der Waals surface area contributed by atoms with E-state index in [1.807, 2.05) is 12.1 Å². The molecule has 1 fully saturated rings. The summed E-state index contributed by atoms with van der Waals surface area (Å²) in [5, 5.41) is 2.69. The Kier molecular flexibility index (Phi) is 3.19. The van der Waals surface area contributed by atoms with Gasteiger partial charge >= 0.3 is 0 Å². The van der Waals surface area contributed by atoms with Gasteiger partial charge in [0.1, 0.15) is 6.54 Å². The zero-order valence-corrected chi connectivity index (χ0v) is 11.3. The van der Waals surface area contributed by atoms with Crippen LogP contribution >= 0.6 is 11.3 Å². The number of amides is 3. The molecule has 20 heavy (non-hydrogen) atoms. The molecule has 102 valence electrons. The van der Waals surface area contributed by atoms with Gasteiger partial charge in [-0.05, 0) is 18.2 Å². The van der Waals surface area contributed by atoms with Crippen molar-refractivity contribution in [2.45, 2.75) is 12.8 Å². The normalized spacial score (nSPS) is 15.1. The Morgan fingerprint density at radius 3 is 2.80 bits per heavy atom.